The predicted octanol–water partition coefficient (Wildman–Crippen LogP) is 2.13. The number of hydroxylamine groups is 1. The number of nitrogens with one attached hydrogen (secondary N) is 2. The SMILES string of the molecule is CONC(=O)c1cn(C2CCCCC2)c2nc(NCCCN3CCN(C)CC3)ncc2c1=O.[HH].[HH]. The summed E-state index contributed by atoms with van der Waals surface area (Å²) in [6.45, 7) is 6.25. The van der Waals surface area contributed by atoms with Crippen LogP contribution in [-0.4, -0.2) is 83.7 Å². The summed E-state index contributed by atoms with van der Waals surface area (Å²) in [6, 6.07) is 0.205. The van der Waals surface area contributed by atoms with Crippen LogP contribution in [0, 0.1) is 0 Å². The predicted molar refractivity (Wildman–Crippen MR) is 132 cm³/mol. The number of fused-ring (bicyclic) bond motifs is 1. The Labute approximate surface area is 197 Å². The van der Waals surface area contributed by atoms with Crippen molar-refractivity contribution < 1.29 is 12.5 Å². The van der Waals surface area contributed by atoms with E-state index in [4.69, 9.17) is 9.82 Å². The molecular weight excluding hydrogens is 422 g/mol. The number of amides is 1. The van der Waals surface area contributed by atoms with Crippen molar-refractivity contribution in [3.63, 3.8) is 0 Å². The number of rotatable bonds is 8. The smallest absolute Gasteiger partial charge is 0.280 e. The number of piperazine rings is 1. The minimum atomic E-state index is -0.555. The molecule has 2 fully saturated rings. The Morgan fingerprint density at radius 2 is 1.97 bits per heavy atom. The molecule has 1 aliphatic heterocycles. The van der Waals surface area contributed by atoms with Crippen LogP contribution in [0.5, 0.6) is 0 Å². The first-order chi connectivity index (χ1) is 16.1. The summed E-state index contributed by atoms with van der Waals surface area (Å²) in [6.07, 6.45) is 9.63. The zero-order valence-corrected chi connectivity index (χ0v) is 19.7. The van der Waals surface area contributed by atoms with Crippen molar-refractivity contribution in [1.29, 1.82) is 0 Å². The van der Waals surface area contributed by atoms with Gasteiger partial charge in [-0.2, -0.15) is 4.98 Å². The highest BCUT2D eigenvalue weighted by Crippen LogP contribution is 2.30. The average molecular weight is 462 g/mol. The van der Waals surface area contributed by atoms with E-state index >= 15 is 0 Å². The molecule has 0 spiro atoms. The number of hydrogen-bond donors (Lipinski definition) is 2. The fraction of sp³-hybridized carbons (Fsp3) is 0.652. The molecule has 0 atom stereocenters. The van der Waals surface area contributed by atoms with Gasteiger partial charge in [0.2, 0.25) is 11.4 Å². The van der Waals surface area contributed by atoms with Crippen molar-refractivity contribution in [3.8, 4) is 0 Å². The monoisotopic (exact) mass is 461 g/mol. The van der Waals surface area contributed by atoms with E-state index < -0.39 is 5.91 Å². The molecule has 1 aliphatic carbocycles. The second kappa shape index (κ2) is 11.0. The van der Waals surface area contributed by atoms with E-state index in [1.165, 1.54) is 19.7 Å². The highest BCUT2D eigenvalue weighted by molar-refractivity contribution is 5.96. The van der Waals surface area contributed by atoms with Crippen LogP contribution in [0.15, 0.2) is 17.2 Å². The number of carbonyl (C=O) groups excluding carboxylic acids is 1. The minimum Gasteiger partial charge on any atom is -0.354 e. The lowest BCUT2D eigenvalue weighted by Crippen LogP contribution is -2.44. The molecule has 2 aromatic rings. The Hall–Kier alpha value is -2.56. The van der Waals surface area contributed by atoms with Crippen molar-refractivity contribution in [2.45, 2.75) is 44.6 Å². The highest BCUT2D eigenvalue weighted by Gasteiger charge is 2.23. The third-order valence-corrected chi connectivity index (χ3v) is 6.71. The maximum atomic E-state index is 13.0. The number of likely N-dealkylation sites (N-methyl/N-ethyl adjacent to an activating group) is 1. The Kier molecular flexibility index (Phi) is 7.89. The lowest BCUT2D eigenvalue weighted by Gasteiger charge is -2.32. The first-order valence-electron chi connectivity index (χ1n) is 12.0. The summed E-state index contributed by atoms with van der Waals surface area (Å²) >= 11 is 0. The molecule has 184 valence electrons. The van der Waals surface area contributed by atoms with Gasteiger partial charge < -0.3 is 19.7 Å². The Balaban J connectivity index is 0.00000216. The molecule has 1 saturated carbocycles. The number of hydrogen-bond acceptors (Lipinski definition) is 8. The van der Waals surface area contributed by atoms with Crippen LogP contribution >= 0.6 is 0 Å². The van der Waals surface area contributed by atoms with Crippen LogP contribution in [0.4, 0.5) is 5.95 Å². The molecule has 1 saturated heterocycles. The van der Waals surface area contributed by atoms with Crippen LogP contribution in [0.25, 0.3) is 11.0 Å². The third-order valence-electron chi connectivity index (χ3n) is 6.71. The molecule has 4 rings (SSSR count). The van der Waals surface area contributed by atoms with Gasteiger partial charge in [-0.3, -0.25) is 14.4 Å². The third kappa shape index (κ3) is 5.69. The van der Waals surface area contributed by atoms with Crippen molar-refractivity contribution >= 4 is 22.9 Å². The van der Waals surface area contributed by atoms with E-state index in [1.54, 1.807) is 6.20 Å². The molecule has 10 heteroatoms. The zero-order chi connectivity index (χ0) is 23.2. The lowest BCUT2D eigenvalue weighted by molar-refractivity contribution is 0.0535. The normalized spacial score (nSPS) is 18.5. The average Bonchev–Trinajstić information content (AvgIpc) is 2.84. The van der Waals surface area contributed by atoms with Gasteiger partial charge in [0.05, 0.1) is 12.5 Å². The summed E-state index contributed by atoms with van der Waals surface area (Å²) in [7, 11) is 3.51. The molecule has 2 aliphatic rings. The van der Waals surface area contributed by atoms with Crippen LogP contribution in [0.3, 0.4) is 0 Å². The maximum absolute atomic E-state index is 13.0. The van der Waals surface area contributed by atoms with Gasteiger partial charge in [0.1, 0.15) is 11.2 Å². The fourth-order valence-electron chi connectivity index (χ4n) is 4.74. The summed E-state index contributed by atoms with van der Waals surface area (Å²) in [5.74, 6) is -0.0426. The van der Waals surface area contributed by atoms with E-state index in [0.29, 0.717) is 17.0 Å². The molecule has 0 radical (unpaired) electrons. The first kappa shape index (κ1) is 23.6. The van der Waals surface area contributed by atoms with Gasteiger partial charge >= 0.3 is 0 Å². The minimum absolute atomic E-state index is 0. The molecule has 10 nitrogen and oxygen atoms in total. The zero-order valence-electron chi connectivity index (χ0n) is 19.7. The Morgan fingerprint density at radius 1 is 1.21 bits per heavy atom. The standard InChI is InChI=1S/C23H35N7O3.2H2/c1-28-11-13-29(14-12-28)10-6-9-24-23-25-15-18-20(31)19(22(32)27-33-2)16-30(21(18)26-23)17-7-4-3-5-8-17;;/h15-17H,3-14H2,1-2H3,(H,27,32)(H,24,25,26);2*1H. The quantitative estimate of drug-likeness (QED) is 0.455. The Bertz CT molecular complexity index is 1020. The number of nitrogens with zero attached hydrogens (tertiary/aromatic N) is 5. The van der Waals surface area contributed by atoms with E-state index in [1.807, 2.05) is 4.57 Å². The summed E-state index contributed by atoms with van der Waals surface area (Å²) in [5, 5.41) is 3.67. The van der Waals surface area contributed by atoms with E-state index in [9.17, 15) is 9.59 Å². The number of pyridine rings is 1. The molecule has 0 bridgehead atoms. The molecule has 33 heavy (non-hydrogen) atoms. The van der Waals surface area contributed by atoms with Gasteiger partial charge in [-0.1, -0.05) is 19.3 Å². The summed E-state index contributed by atoms with van der Waals surface area (Å²) in [4.78, 5) is 44.1. The highest BCUT2D eigenvalue weighted by atomic mass is 16.6. The summed E-state index contributed by atoms with van der Waals surface area (Å²) < 4.78 is 2.00. The molecule has 1 amide bonds. The molecule has 2 N–H and O–H groups in total. The molecule has 0 unspecified atom stereocenters. The lowest BCUT2D eigenvalue weighted by atomic mass is 9.95. The first-order valence-corrected chi connectivity index (χ1v) is 12.0. The number of anilines is 1. The van der Waals surface area contributed by atoms with Crippen LogP contribution in [0.2, 0.25) is 0 Å². The van der Waals surface area contributed by atoms with Gasteiger partial charge in [0.15, 0.2) is 0 Å². The molecular formula is C23H39N7O3. The van der Waals surface area contributed by atoms with Crippen LogP contribution in [0.1, 0.15) is 57.8 Å². The van der Waals surface area contributed by atoms with Gasteiger partial charge in [0.25, 0.3) is 5.91 Å². The number of carbonyl (C=O) groups is 1. The fourth-order valence-corrected chi connectivity index (χ4v) is 4.74. The Morgan fingerprint density at radius 3 is 2.70 bits per heavy atom. The second-order valence-electron chi connectivity index (χ2n) is 9.06. The van der Waals surface area contributed by atoms with Gasteiger partial charge in [-0.15, -0.1) is 0 Å². The van der Waals surface area contributed by atoms with Gasteiger partial charge in [0, 0.05) is 54.0 Å². The van der Waals surface area contributed by atoms with Crippen LogP contribution < -0.4 is 16.2 Å². The molecule has 3 heterocycles. The van der Waals surface area contributed by atoms with Crippen LogP contribution in [-0.2, 0) is 4.84 Å². The van der Waals surface area contributed by atoms with Gasteiger partial charge in [-0.05, 0) is 32.9 Å². The summed E-state index contributed by atoms with van der Waals surface area (Å²) in [5.41, 5.74) is 2.51. The molecule has 0 aromatic carbocycles. The topological polar surface area (TPSA) is 105 Å². The van der Waals surface area contributed by atoms with E-state index in [0.717, 1.165) is 71.4 Å². The van der Waals surface area contributed by atoms with E-state index in [-0.39, 0.29) is 19.9 Å². The van der Waals surface area contributed by atoms with Crippen molar-refractivity contribution in [3.05, 3.63) is 28.2 Å². The van der Waals surface area contributed by atoms with Crippen molar-refractivity contribution in [2.24, 2.45) is 0 Å². The van der Waals surface area contributed by atoms with E-state index in [2.05, 4.69) is 32.6 Å². The maximum Gasteiger partial charge on any atom is 0.280 e. The van der Waals surface area contributed by atoms with Crippen molar-refractivity contribution in [2.75, 3.05) is 58.7 Å². The van der Waals surface area contributed by atoms with Crippen molar-refractivity contribution in [1.82, 2.24) is 29.8 Å². The molecule has 2 aromatic heterocycles. The second-order valence-corrected chi connectivity index (χ2v) is 9.06. The largest absolute Gasteiger partial charge is 0.354 e. The van der Waals surface area contributed by atoms with Gasteiger partial charge in [-0.25, -0.2) is 10.5 Å². The number of aromatic nitrogens is 3.